The molecule has 20 heavy (non-hydrogen) atoms. The number of aryl methyl sites for hydroxylation is 1. The normalized spacial score (nSPS) is 21.9. The van der Waals surface area contributed by atoms with Gasteiger partial charge in [-0.1, -0.05) is 6.42 Å². The zero-order valence-electron chi connectivity index (χ0n) is 12.4. The first-order chi connectivity index (χ1) is 9.72. The SMILES string of the molecule is Cc1cncn(CC2CCN(CC3CCC3)CC2)c1=O. The Labute approximate surface area is 120 Å². The van der Waals surface area contributed by atoms with Crippen LogP contribution in [0.3, 0.4) is 0 Å². The Bertz CT molecular complexity index is 499. The Kier molecular flexibility index (Phi) is 4.20. The van der Waals surface area contributed by atoms with Gasteiger partial charge in [0.25, 0.3) is 5.56 Å². The van der Waals surface area contributed by atoms with Crippen molar-refractivity contribution in [2.24, 2.45) is 11.8 Å². The standard InChI is InChI=1S/C16H25N3O/c1-13-9-17-12-19(16(13)20)11-15-5-7-18(8-6-15)10-14-3-2-4-14/h9,12,14-15H,2-8,10-11H2,1H3. The number of piperidine rings is 1. The lowest BCUT2D eigenvalue weighted by molar-refractivity contribution is 0.125. The van der Waals surface area contributed by atoms with Crippen molar-refractivity contribution < 1.29 is 0 Å². The van der Waals surface area contributed by atoms with Crippen LogP contribution >= 0.6 is 0 Å². The zero-order valence-corrected chi connectivity index (χ0v) is 12.4. The van der Waals surface area contributed by atoms with E-state index in [1.807, 2.05) is 6.92 Å². The Morgan fingerprint density at radius 2 is 1.85 bits per heavy atom. The highest BCUT2D eigenvalue weighted by molar-refractivity contribution is 5.00. The molecule has 2 heterocycles. The van der Waals surface area contributed by atoms with Crippen molar-refractivity contribution in [2.75, 3.05) is 19.6 Å². The van der Waals surface area contributed by atoms with E-state index < -0.39 is 0 Å². The van der Waals surface area contributed by atoms with Crippen LogP contribution in [0, 0.1) is 18.8 Å². The molecule has 4 nitrogen and oxygen atoms in total. The molecule has 0 N–H and O–H groups in total. The van der Waals surface area contributed by atoms with Crippen LogP contribution in [0.4, 0.5) is 0 Å². The maximum atomic E-state index is 12.0. The molecule has 1 aromatic heterocycles. The van der Waals surface area contributed by atoms with Crippen molar-refractivity contribution in [3.8, 4) is 0 Å². The molecule has 0 radical (unpaired) electrons. The van der Waals surface area contributed by atoms with E-state index >= 15 is 0 Å². The third kappa shape index (κ3) is 3.11. The van der Waals surface area contributed by atoms with Crippen molar-refractivity contribution in [2.45, 2.75) is 45.6 Å². The number of hydrogen-bond acceptors (Lipinski definition) is 3. The van der Waals surface area contributed by atoms with Crippen LogP contribution in [0.15, 0.2) is 17.3 Å². The number of rotatable bonds is 4. The van der Waals surface area contributed by atoms with E-state index in [0.717, 1.165) is 18.0 Å². The van der Waals surface area contributed by atoms with E-state index in [1.165, 1.54) is 51.7 Å². The minimum Gasteiger partial charge on any atom is -0.303 e. The molecule has 1 aliphatic carbocycles. The fourth-order valence-corrected chi connectivity index (χ4v) is 3.36. The van der Waals surface area contributed by atoms with Crippen molar-refractivity contribution in [1.29, 1.82) is 0 Å². The maximum absolute atomic E-state index is 12.0. The summed E-state index contributed by atoms with van der Waals surface area (Å²) in [6.07, 6.45) is 10.1. The molecule has 2 aliphatic rings. The van der Waals surface area contributed by atoms with Crippen molar-refractivity contribution in [3.63, 3.8) is 0 Å². The third-order valence-corrected chi connectivity index (χ3v) is 4.98. The fraction of sp³-hybridized carbons (Fsp3) is 0.750. The summed E-state index contributed by atoms with van der Waals surface area (Å²) in [4.78, 5) is 18.8. The highest BCUT2D eigenvalue weighted by atomic mass is 16.1. The monoisotopic (exact) mass is 275 g/mol. The fourth-order valence-electron chi connectivity index (χ4n) is 3.36. The Morgan fingerprint density at radius 1 is 1.15 bits per heavy atom. The highest BCUT2D eigenvalue weighted by Crippen LogP contribution is 2.28. The summed E-state index contributed by atoms with van der Waals surface area (Å²) in [5.74, 6) is 1.60. The molecule has 0 amide bonds. The first-order valence-electron chi connectivity index (χ1n) is 7.96. The summed E-state index contributed by atoms with van der Waals surface area (Å²) in [6, 6.07) is 0. The first kappa shape index (κ1) is 13.8. The van der Waals surface area contributed by atoms with Crippen LogP contribution in [0.5, 0.6) is 0 Å². The van der Waals surface area contributed by atoms with Gasteiger partial charge < -0.3 is 4.90 Å². The summed E-state index contributed by atoms with van der Waals surface area (Å²) in [6.45, 7) is 6.39. The second-order valence-corrected chi connectivity index (χ2v) is 6.58. The first-order valence-corrected chi connectivity index (χ1v) is 7.96. The van der Waals surface area contributed by atoms with Crippen LogP contribution in [-0.4, -0.2) is 34.1 Å². The summed E-state index contributed by atoms with van der Waals surface area (Å²) in [5.41, 5.74) is 0.867. The van der Waals surface area contributed by atoms with Crippen molar-refractivity contribution >= 4 is 0 Å². The van der Waals surface area contributed by atoms with E-state index in [9.17, 15) is 4.79 Å². The summed E-state index contributed by atoms with van der Waals surface area (Å²) >= 11 is 0. The number of aromatic nitrogens is 2. The lowest BCUT2D eigenvalue weighted by atomic mass is 9.84. The molecule has 0 spiro atoms. The van der Waals surface area contributed by atoms with Gasteiger partial charge in [0, 0.05) is 24.8 Å². The lowest BCUT2D eigenvalue weighted by Gasteiger charge is -2.37. The van der Waals surface area contributed by atoms with Crippen LogP contribution < -0.4 is 5.56 Å². The quantitative estimate of drug-likeness (QED) is 0.844. The molecule has 0 aromatic carbocycles. The van der Waals surface area contributed by atoms with Gasteiger partial charge in [-0.25, -0.2) is 4.98 Å². The van der Waals surface area contributed by atoms with Crippen LogP contribution in [-0.2, 0) is 6.54 Å². The molecule has 1 aromatic rings. The zero-order chi connectivity index (χ0) is 13.9. The highest BCUT2D eigenvalue weighted by Gasteiger charge is 2.24. The van der Waals surface area contributed by atoms with Crippen LogP contribution in [0.2, 0.25) is 0 Å². The molecule has 1 saturated carbocycles. The molecular formula is C16H25N3O. The van der Waals surface area contributed by atoms with Gasteiger partial charge in [-0.3, -0.25) is 9.36 Å². The molecule has 3 rings (SSSR count). The maximum Gasteiger partial charge on any atom is 0.256 e. The van der Waals surface area contributed by atoms with Crippen LogP contribution in [0.25, 0.3) is 0 Å². The number of nitrogens with zero attached hydrogens (tertiary/aromatic N) is 3. The Balaban J connectivity index is 1.50. The van der Waals surface area contributed by atoms with Crippen molar-refractivity contribution in [1.82, 2.24) is 14.5 Å². The second kappa shape index (κ2) is 6.08. The molecule has 1 saturated heterocycles. The minimum absolute atomic E-state index is 0.122. The molecule has 0 bridgehead atoms. The van der Waals surface area contributed by atoms with Crippen LogP contribution in [0.1, 0.15) is 37.7 Å². The van der Waals surface area contributed by atoms with Gasteiger partial charge in [-0.05, 0) is 57.5 Å². The molecule has 0 atom stereocenters. The third-order valence-electron chi connectivity index (χ3n) is 4.98. The van der Waals surface area contributed by atoms with Gasteiger partial charge in [0.2, 0.25) is 0 Å². The van der Waals surface area contributed by atoms with Gasteiger partial charge in [0.05, 0.1) is 6.33 Å². The molecule has 0 unspecified atom stereocenters. The Hall–Kier alpha value is -1.16. The van der Waals surface area contributed by atoms with Gasteiger partial charge in [0.15, 0.2) is 0 Å². The van der Waals surface area contributed by atoms with E-state index in [2.05, 4.69) is 9.88 Å². The van der Waals surface area contributed by atoms with Gasteiger partial charge in [-0.15, -0.1) is 0 Å². The smallest absolute Gasteiger partial charge is 0.256 e. The molecule has 2 fully saturated rings. The predicted octanol–water partition coefficient (Wildman–Crippen LogP) is 2.06. The number of hydrogen-bond donors (Lipinski definition) is 0. The Morgan fingerprint density at radius 3 is 2.50 bits per heavy atom. The van der Waals surface area contributed by atoms with E-state index in [1.54, 1.807) is 17.1 Å². The van der Waals surface area contributed by atoms with E-state index in [0.29, 0.717) is 5.92 Å². The molecule has 1 aliphatic heterocycles. The van der Waals surface area contributed by atoms with Gasteiger partial charge >= 0.3 is 0 Å². The average Bonchev–Trinajstić information content (AvgIpc) is 2.41. The molecule has 4 heteroatoms. The van der Waals surface area contributed by atoms with E-state index in [-0.39, 0.29) is 5.56 Å². The summed E-state index contributed by atoms with van der Waals surface area (Å²) < 4.78 is 1.79. The lowest BCUT2D eigenvalue weighted by Crippen LogP contribution is -2.40. The average molecular weight is 275 g/mol. The summed E-state index contributed by atoms with van der Waals surface area (Å²) in [7, 11) is 0. The number of likely N-dealkylation sites (tertiary alicyclic amines) is 1. The van der Waals surface area contributed by atoms with Gasteiger partial charge in [-0.2, -0.15) is 0 Å². The topological polar surface area (TPSA) is 38.1 Å². The predicted molar refractivity (Wildman–Crippen MR) is 79.7 cm³/mol. The molecular weight excluding hydrogens is 250 g/mol. The van der Waals surface area contributed by atoms with E-state index in [4.69, 9.17) is 0 Å². The van der Waals surface area contributed by atoms with Gasteiger partial charge in [0.1, 0.15) is 0 Å². The van der Waals surface area contributed by atoms with Crippen molar-refractivity contribution in [3.05, 3.63) is 28.4 Å². The second-order valence-electron chi connectivity index (χ2n) is 6.58. The molecule has 110 valence electrons. The summed E-state index contributed by atoms with van der Waals surface area (Å²) in [5, 5.41) is 0. The largest absolute Gasteiger partial charge is 0.303 e. The minimum atomic E-state index is 0.122.